The van der Waals surface area contributed by atoms with Crippen molar-refractivity contribution in [2.24, 2.45) is 7.05 Å². The highest BCUT2D eigenvalue weighted by Gasteiger charge is 2.34. The Labute approximate surface area is 166 Å². The zero-order valence-electron chi connectivity index (χ0n) is 15.6. The van der Waals surface area contributed by atoms with Crippen LogP contribution < -0.4 is 0 Å². The number of H-pyrrole nitrogens is 1. The zero-order valence-corrected chi connectivity index (χ0v) is 16.4. The molecule has 0 spiro atoms. The van der Waals surface area contributed by atoms with E-state index in [0.717, 1.165) is 41.2 Å². The Hall–Kier alpha value is -2.93. The molecule has 5 rings (SSSR count). The van der Waals surface area contributed by atoms with Crippen molar-refractivity contribution in [1.82, 2.24) is 29.4 Å². The van der Waals surface area contributed by atoms with Crippen molar-refractivity contribution < 1.29 is 4.79 Å². The Morgan fingerprint density at radius 3 is 3.00 bits per heavy atom. The number of carbonyl (C=O) groups is 1. The molecule has 1 atom stereocenters. The van der Waals surface area contributed by atoms with Crippen LogP contribution in [0.15, 0.2) is 30.5 Å². The second-order valence-electron chi connectivity index (χ2n) is 7.19. The molecule has 4 heterocycles. The molecule has 1 amide bonds. The molecule has 1 aliphatic rings. The highest BCUT2D eigenvalue weighted by molar-refractivity contribution is 6.31. The van der Waals surface area contributed by atoms with Gasteiger partial charge in [0.15, 0.2) is 5.65 Å². The lowest BCUT2D eigenvalue weighted by Crippen LogP contribution is -2.31. The first kappa shape index (κ1) is 17.2. The van der Waals surface area contributed by atoms with Crippen molar-refractivity contribution in [3.05, 3.63) is 52.7 Å². The lowest BCUT2D eigenvalue weighted by Gasteiger charge is -2.23. The number of nitrogens with zero attached hydrogens (tertiary/aromatic N) is 5. The summed E-state index contributed by atoms with van der Waals surface area (Å²) in [4.78, 5) is 32.3. The van der Waals surface area contributed by atoms with Gasteiger partial charge in [-0.1, -0.05) is 11.6 Å². The minimum atomic E-state index is -0.0910. The number of carbonyl (C=O) groups excluding carboxylic acids is 1. The number of fused-ring (bicyclic) bond motifs is 2. The van der Waals surface area contributed by atoms with Gasteiger partial charge in [-0.25, -0.2) is 15.0 Å². The van der Waals surface area contributed by atoms with E-state index in [0.29, 0.717) is 22.6 Å². The molecular weight excluding hydrogens is 376 g/mol. The van der Waals surface area contributed by atoms with Gasteiger partial charge in [-0.3, -0.25) is 4.79 Å². The third kappa shape index (κ3) is 2.57. The summed E-state index contributed by atoms with van der Waals surface area (Å²) in [6.07, 6.45) is 3.48. The smallest absolute Gasteiger partial charge is 0.256 e. The number of aromatic nitrogens is 5. The van der Waals surface area contributed by atoms with Crippen molar-refractivity contribution >= 4 is 39.7 Å². The van der Waals surface area contributed by atoms with Crippen LogP contribution in [0.1, 0.15) is 40.9 Å². The molecular formula is C20H19ClN6O. The van der Waals surface area contributed by atoms with E-state index in [1.807, 2.05) is 41.6 Å². The highest BCUT2D eigenvalue weighted by atomic mass is 35.5. The number of hydrogen-bond donors (Lipinski definition) is 1. The second-order valence-corrected chi connectivity index (χ2v) is 7.63. The molecule has 0 saturated carbocycles. The van der Waals surface area contributed by atoms with E-state index >= 15 is 0 Å². The quantitative estimate of drug-likeness (QED) is 0.561. The van der Waals surface area contributed by atoms with E-state index in [4.69, 9.17) is 16.6 Å². The Balaban J connectivity index is 1.54. The van der Waals surface area contributed by atoms with Gasteiger partial charge in [0.2, 0.25) is 0 Å². The first-order valence-corrected chi connectivity index (χ1v) is 9.65. The number of halogens is 1. The number of hydrogen-bond acceptors (Lipinski definition) is 4. The van der Waals surface area contributed by atoms with Crippen LogP contribution >= 0.6 is 11.6 Å². The largest absolute Gasteiger partial charge is 0.340 e. The number of likely N-dealkylation sites (tertiary alicyclic amines) is 1. The Morgan fingerprint density at radius 1 is 1.29 bits per heavy atom. The van der Waals surface area contributed by atoms with Crippen molar-refractivity contribution in [3.63, 3.8) is 0 Å². The van der Waals surface area contributed by atoms with Gasteiger partial charge in [-0.15, -0.1) is 0 Å². The van der Waals surface area contributed by atoms with Gasteiger partial charge in [0.05, 0.1) is 22.6 Å². The van der Waals surface area contributed by atoms with Gasteiger partial charge >= 0.3 is 0 Å². The summed E-state index contributed by atoms with van der Waals surface area (Å²) >= 11 is 6.09. The van der Waals surface area contributed by atoms with Crippen molar-refractivity contribution in [2.75, 3.05) is 6.54 Å². The number of nitrogens with one attached hydrogen (secondary N) is 1. The Bertz CT molecular complexity index is 1230. The number of benzene rings is 1. The van der Waals surface area contributed by atoms with Gasteiger partial charge in [0.25, 0.3) is 5.91 Å². The Morgan fingerprint density at radius 2 is 2.14 bits per heavy atom. The maximum Gasteiger partial charge on any atom is 0.256 e. The normalized spacial score (nSPS) is 17.1. The van der Waals surface area contributed by atoms with Gasteiger partial charge in [0.1, 0.15) is 17.2 Å². The van der Waals surface area contributed by atoms with Crippen molar-refractivity contribution in [3.8, 4) is 0 Å². The minimum Gasteiger partial charge on any atom is -0.340 e. The molecule has 28 heavy (non-hydrogen) atoms. The van der Waals surface area contributed by atoms with E-state index in [2.05, 4.69) is 15.0 Å². The number of aryl methyl sites for hydroxylation is 2. The summed E-state index contributed by atoms with van der Waals surface area (Å²) in [7, 11) is 1.91. The topological polar surface area (TPSA) is 79.7 Å². The summed E-state index contributed by atoms with van der Waals surface area (Å²) in [6.45, 7) is 2.60. The van der Waals surface area contributed by atoms with Gasteiger partial charge < -0.3 is 14.5 Å². The van der Waals surface area contributed by atoms with E-state index in [-0.39, 0.29) is 11.9 Å². The number of imidazole rings is 2. The molecule has 8 heteroatoms. The summed E-state index contributed by atoms with van der Waals surface area (Å²) < 4.78 is 1.90. The van der Waals surface area contributed by atoms with E-state index in [1.165, 1.54) is 0 Å². The fraction of sp³-hybridized carbons (Fsp3) is 0.300. The van der Waals surface area contributed by atoms with Crippen LogP contribution in [0.5, 0.6) is 0 Å². The highest BCUT2D eigenvalue weighted by Crippen LogP contribution is 2.34. The summed E-state index contributed by atoms with van der Waals surface area (Å²) in [5.41, 5.74) is 3.69. The summed E-state index contributed by atoms with van der Waals surface area (Å²) in [6, 6.07) is 7.24. The van der Waals surface area contributed by atoms with Crippen LogP contribution in [-0.4, -0.2) is 41.9 Å². The molecule has 1 unspecified atom stereocenters. The number of aromatic amines is 1. The molecule has 1 fully saturated rings. The van der Waals surface area contributed by atoms with Crippen LogP contribution in [0.4, 0.5) is 0 Å². The van der Waals surface area contributed by atoms with Crippen molar-refractivity contribution in [2.45, 2.75) is 25.8 Å². The number of amides is 1. The van der Waals surface area contributed by atoms with E-state index in [9.17, 15) is 4.79 Å². The fourth-order valence-electron chi connectivity index (χ4n) is 3.97. The third-order valence-corrected chi connectivity index (χ3v) is 5.74. The van der Waals surface area contributed by atoms with Crippen LogP contribution in [0, 0.1) is 6.92 Å². The number of pyridine rings is 1. The molecule has 1 N–H and O–H groups in total. The summed E-state index contributed by atoms with van der Waals surface area (Å²) in [5.74, 6) is 1.59. The van der Waals surface area contributed by atoms with Crippen LogP contribution in [0.2, 0.25) is 5.02 Å². The maximum absolute atomic E-state index is 13.4. The van der Waals surface area contributed by atoms with E-state index in [1.54, 1.807) is 12.3 Å². The monoisotopic (exact) mass is 394 g/mol. The molecule has 0 aliphatic carbocycles. The van der Waals surface area contributed by atoms with Crippen LogP contribution in [0.3, 0.4) is 0 Å². The lowest BCUT2D eigenvalue weighted by atomic mass is 10.1. The zero-order chi connectivity index (χ0) is 19.4. The molecule has 0 radical (unpaired) electrons. The third-order valence-electron chi connectivity index (χ3n) is 5.50. The standard InChI is InChI=1S/C20H19ClN6O/c1-11-23-17-13(7-8-22-19(17)26(11)2)20(28)27-9-3-4-16(27)18-24-14-6-5-12(21)10-15(14)25-18/h5-8,10,16H,3-4,9H2,1-2H3,(H,24,25). The predicted molar refractivity (Wildman–Crippen MR) is 107 cm³/mol. The molecule has 142 valence electrons. The lowest BCUT2D eigenvalue weighted by molar-refractivity contribution is 0.0732. The molecule has 1 aliphatic heterocycles. The van der Waals surface area contributed by atoms with Crippen molar-refractivity contribution in [1.29, 1.82) is 0 Å². The molecule has 3 aromatic heterocycles. The molecule has 1 aromatic carbocycles. The van der Waals surface area contributed by atoms with Crippen LogP contribution in [0.25, 0.3) is 22.2 Å². The average Bonchev–Trinajstić information content (AvgIpc) is 3.38. The molecule has 4 aromatic rings. The SMILES string of the molecule is Cc1nc2c(C(=O)N3CCCC3c3nc4ccc(Cl)cc4[nH]3)ccnc2n1C. The van der Waals surface area contributed by atoms with Gasteiger partial charge in [0, 0.05) is 24.8 Å². The summed E-state index contributed by atoms with van der Waals surface area (Å²) in [5, 5.41) is 0.659. The van der Waals surface area contributed by atoms with Gasteiger partial charge in [-0.2, -0.15) is 0 Å². The molecule has 0 bridgehead atoms. The predicted octanol–water partition coefficient (Wildman–Crippen LogP) is 3.78. The maximum atomic E-state index is 13.4. The fourth-order valence-corrected chi connectivity index (χ4v) is 4.14. The van der Waals surface area contributed by atoms with Crippen LogP contribution in [-0.2, 0) is 7.05 Å². The first-order valence-electron chi connectivity index (χ1n) is 9.27. The van der Waals surface area contributed by atoms with E-state index < -0.39 is 0 Å². The second kappa shape index (κ2) is 6.31. The minimum absolute atomic E-state index is 0.0357. The Kier molecular flexibility index (Phi) is 3.87. The first-order chi connectivity index (χ1) is 13.5. The average molecular weight is 395 g/mol. The number of rotatable bonds is 2. The molecule has 7 nitrogen and oxygen atoms in total. The molecule has 1 saturated heterocycles. The van der Waals surface area contributed by atoms with Gasteiger partial charge in [-0.05, 0) is 44.0 Å².